The molecule has 0 spiro atoms. The summed E-state index contributed by atoms with van der Waals surface area (Å²) in [5.74, 6) is -1.20. The van der Waals surface area contributed by atoms with Crippen LogP contribution in [0.3, 0.4) is 0 Å². The molecule has 0 heterocycles. The van der Waals surface area contributed by atoms with Gasteiger partial charge in [0, 0.05) is 5.33 Å². The van der Waals surface area contributed by atoms with Gasteiger partial charge < -0.3 is 0 Å². The molecule has 0 amide bonds. The van der Waals surface area contributed by atoms with E-state index in [0.717, 1.165) is 23.7 Å². The van der Waals surface area contributed by atoms with E-state index in [1.54, 1.807) is 6.07 Å². The van der Waals surface area contributed by atoms with Crippen LogP contribution in [0.4, 0.5) is 8.78 Å². The molecule has 106 valence electrons. The lowest BCUT2D eigenvalue weighted by atomic mass is 9.92. The highest BCUT2D eigenvalue weighted by Gasteiger charge is 2.12. The van der Waals surface area contributed by atoms with Crippen LogP contribution in [-0.2, 0) is 12.8 Å². The van der Waals surface area contributed by atoms with Crippen molar-refractivity contribution < 1.29 is 8.78 Å². The van der Waals surface area contributed by atoms with Gasteiger partial charge in [0.25, 0.3) is 0 Å². The van der Waals surface area contributed by atoms with Gasteiger partial charge in [-0.1, -0.05) is 46.3 Å². The predicted molar refractivity (Wildman–Crippen MR) is 82.2 cm³/mol. The number of rotatable bonds is 5. The summed E-state index contributed by atoms with van der Waals surface area (Å²) < 4.78 is 26.2. The molecule has 2 aromatic rings. The minimum absolute atomic E-state index is 0.362. The summed E-state index contributed by atoms with van der Waals surface area (Å²) >= 11 is 3.52. The molecule has 0 aromatic heterocycles. The van der Waals surface area contributed by atoms with Crippen LogP contribution in [0.2, 0.25) is 0 Å². The van der Waals surface area contributed by atoms with Crippen molar-refractivity contribution in [2.24, 2.45) is 5.92 Å². The summed E-state index contributed by atoms with van der Waals surface area (Å²) in [6, 6.07) is 12.4. The van der Waals surface area contributed by atoms with Gasteiger partial charge in [-0.15, -0.1) is 0 Å². The van der Waals surface area contributed by atoms with Crippen molar-refractivity contribution in [1.29, 1.82) is 0 Å². The van der Waals surface area contributed by atoms with Gasteiger partial charge in [-0.3, -0.25) is 0 Å². The zero-order chi connectivity index (χ0) is 14.5. The van der Waals surface area contributed by atoms with Crippen molar-refractivity contribution >= 4 is 15.9 Å². The van der Waals surface area contributed by atoms with Crippen LogP contribution in [0, 0.1) is 24.5 Å². The van der Waals surface area contributed by atoms with E-state index >= 15 is 0 Å². The molecule has 0 N–H and O–H groups in total. The molecule has 0 bridgehead atoms. The molecular weight excluding hydrogens is 322 g/mol. The first-order chi connectivity index (χ1) is 9.60. The van der Waals surface area contributed by atoms with Gasteiger partial charge in [0.15, 0.2) is 11.6 Å². The fourth-order valence-corrected chi connectivity index (χ4v) is 2.79. The first kappa shape index (κ1) is 15.2. The second-order valence-electron chi connectivity index (χ2n) is 5.10. The minimum atomic E-state index is -0.789. The Morgan fingerprint density at radius 1 is 1.00 bits per heavy atom. The largest absolute Gasteiger partial charge is 0.204 e. The maximum Gasteiger partial charge on any atom is 0.159 e. The molecule has 0 fully saturated rings. The summed E-state index contributed by atoms with van der Waals surface area (Å²) in [5, 5.41) is 0.834. The molecule has 0 nitrogen and oxygen atoms in total. The maximum absolute atomic E-state index is 13.2. The van der Waals surface area contributed by atoms with Gasteiger partial charge in [0.05, 0.1) is 0 Å². The Balaban J connectivity index is 2.09. The third-order valence-electron chi connectivity index (χ3n) is 3.50. The first-order valence-electron chi connectivity index (χ1n) is 6.64. The van der Waals surface area contributed by atoms with E-state index in [1.807, 2.05) is 12.1 Å². The van der Waals surface area contributed by atoms with Crippen LogP contribution in [0.5, 0.6) is 0 Å². The van der Waals surface area contributed by atoms with Gasteiger partial charge in [0.1, 0.15) is 0 Å². The Bertz CT molecular complexity index is 581. The van der Waals surface area contributed by atoms with Crippen LogP contribution in [0.15, 0.2) is 42.5 Å². The fraction of sp³-hybridized carbons (Fsp3) is 0.294. The van der Waals surface area contributed by atoms with E-state index in [-0.39, 0.29) is 0 Å². The SMILES string of the molecule is Cc1ccccc1CC(CBr)Cc1ccc(F)c(F)c1. The molecule has 0 saturated carbocycles. The quantitative estimate of drug-likeness (QED) is 0.667. The van der Waals surface area contributed by atoms with Gasteiger partial charge in [-0.05, 0) is 54.5 Å². The van der Waals surface area contributed by atoms with E-state index in [0.29, 0.717) is 5.92 Å². The Hall–Kier alpha value is -1.22. The highest BCUT2D eigenvalue weighted by atomic mass is 79.9. The lowest BCUT2D eigenvalue weighted by molar-refractivity contribution is 0.504. The highest BCUT2D eigenvalue weighted by molar-refractivity contribution is 9.09. The smallest absolute Gasteiger partial charge is 0.159 e. The summed E-state index contributed by atoms with van der Waals surface area (Å²) in [6.07, 6.45) is 1.66. The monoisotopic (exact) mass is 338 g/mol. The Labute approximate surface area is 127 Å². The molecule has 20 heavy (non-hydrogen) atoms. The highest BCUT2D eigenvalue weighted by Crippen LogP contribution is 2.20. The number of hydrogen-bond acceptors (Lipinski definition) is 0. The van der Waals surface area contributed by atoms with E-state index in [2.05, 4.69) is 35.0 Å². The third-order valence-corrected chi connectivity index (χ3v) is 4.41. The number of alkyl halides is 1. The van der Waals surface area contributed by atoms with Crippen LogP contribution < -0.4 is 0 Å². The average Bonchev–Trinajstić information content (AvgIpc) is 2.44. The zero-order valence-corrected chi connectivity index (χ0v) is 13.0. The van der Waals surface area contributed by atoms with Crippen LogP contribution in [-0.4, -0.2) is 5.33 Å². The van der Waals surface area contributed by atoms with Crippen LogP contribution >= 0.6 is 15.9 Å². The van der Waals surface area contributed by atoms with Crippen molar-refractivity contribution in [3.05, 3.63) is 70.8 Å². The summed E-state index contributed by atoms with van der Waals surface area (Å²) in [5.41, 5.74) is 3.41. The lowest BCUT2D eigenvalue weighted by Crippen LogP contribution is -2.11. The van der Waals surface area contributed by atoms with Crippen LogP contribution in [0.1, 0.15) is 16.7 Å². The molecule has 0 aliphatic carbocycles. The number of hydrogen-bond donors (Lipinski definition) is 0. The van der Waals surface area contributed by atoms with Crippen molar-refractivity contribution in [3.63, 3.8) is 0 Å². The molecular formula is C17H17BrF2. The molecule has 2 rings (SSSR count). The zero-order valence-electron chi connectivity index (χ0n) is 11.4. The third kappa shape index (κ3) is 3.89. The Kier molecular flexibility index (Phi) is 5.30. The van der Waals surface area contributed by atoms with E-state index in [1.165, 1.54) is 23.3 Å². The van der Waals surface area contributed by atoms with Crippen molar-refractivity contribution in [2.75, 3.05) is 5.33 Å². The topological polar surface area (TPSA) is 0 Å². The van der Waals surface area contributed by atoms with Crippen molar-refractivity contribution in [3.8, 4) is 0 Å². The van der Waals surface area contributed by atoms with E-state index < -0.39 is 11.6 Å². The first-order valence-corrected chi connectivity index (χ1v) is 7.76. The molecule has 2 aromatic carbocycles. The van der Waals surface area contributed by atoms with Gasteiger partial charge in [0.2, 0.25) is 0 Å². The molecule has 1 unspecified atom stereocenters. The van der Waals surface area contributed by atoms with Crippen LogP contribution in [0.25, 0.3) is 0 Å². The summed E-state index contributed by atoms with van der Waals surface area (Å²) in [4.78, 5) is 0. The normalized spacial score (nSPS) is 12.4. The number of benzene rings is 2. The molecule has 0 radical (unpaired) electrons. The Morgan fingerprint density at radius 2 is 1.75 bits per heavy atom. The number of halogens is 3. The predicted octanol–water partition coefficient (Wildman–Crippen LogP) is 5.07. The second-order valence-corrected chi connectivity index (χ2v) is 5.75. The molecule has 0 aliphatic rings. The molecule has 0 aliphatic heterocycles. The molecule has 3 heteroatoms. The summed E-state index contributed by atoms with van der Waals surface area (Å²) in [6.45, 7) is 2.10. The fourth-order valence-electron chi connectivity index (χ4n) is 2.33. The minimum Gasteiger partial charge on any atom is -0.204 e. The van der Waals surface area contributed by atoms with E-state index in [9.17, 15) is 8.78 Å². The summed E-state index contributed by atoms with van der Waals surface area (Å²) in [7, 11) is 0. The van der Waals surface area contributed by atoms with Crippen molar-refractivity contribution in [2.45, 2.75) is 19.8 Å². The van der Waals surface area contributed by atoms with E-state index in [4.69, 9.17) is 0 Å². The standard InChI is InChI=1S/C17H17BrF2/c1-12-4-2-3-5-15(12)9-14(11-18)8-13-6-7-16(19)17(20)10-13/h2-7,10,14H,8-9,11H2,1H3. The van der Waals surface area contributed by atoms with Gasteiger partial charge in [-0.2, -0.15) is 0 Å². The van der Waals surface area contributed by atoms with Gasteiger partial charge in [-0.25, -0.2) is 8.78 Å². The molecule has 0 saturated heterocycles. The number of aryl methyl sites for hydroxylation is 1. The average molecular weight is 339 g/mol. The molecule has 1 atom stereocenters. The Morgan fingerprint density at radius 3 is 2.40 bits per heavy atom. The van der Waals surface area contributed by atoms with Gasteiger partial charge >= 0.3 is 0 Å². The lowest BCUT2D eigenvalue weighted by Gasteiger charge is -2.16. The second kappa shape index (κ2) is 6.98. The van der Waals surface area contributed by atoms with Crippen molar-refractivity contribution in [1.82, 2.24) is 0 Å². The maximum atomic E-state index is 13.2.